The summed E-state index contributed by atoms with van der Waals surface area (Å²) in [6.07, 6.45) is 5.66. The van der Waals surface area contributed by atoms with Crippen LogP contribution in [0.5, 0.6) is 34.5 Å². The molecule has 5 rings (SSSR count). The summed E-state index contributed by atoms with van der Waals surface area (Å²) in [6.45, 7) is 1.57. The number of hydrogen-bond donors (Lipinski definition) is 8. The fourth-order valence-electron chi connectivity index (χ4n) is 8.38. The molecule has 0 aromatic heterocycles. The molecule has 0 radical (unpaired) electrons. The topological polar surface area (TPSA) is 282 Å². The Morgan fingerprint density at radius 3 is 0.779 bits per heavy atom. The molecule has 0 unspecified atom stereocenters. The zero-order valence-corrected chi connectivity index (χ0v) is 39.7. The maximum absolute atomic E-state index is 13.8. The van der Waals surface area contributed by atoms with Crippen molar-refractivity contribution >= 4 is 35.4 Å². The van der Waals surface area contributed by atoms with Crippen molar-refractivity contribution in [1.29, 1.82) is 0 Å². The van der Waals surface area contributed by atoms with Crippen LogP contribution < -0.4 is 71.8 Å². The maximum Gasteiger partial charge on any atom is 0.255 e. The van der Waals surface area contributed by atoms with Crippen LogP contribution in [-0.4, -0.2) is 128 Å². The van der Waals surface area contributed by atoms with Gasteiger partial charge in [0.25, 0.3) is 35.4 Å². The summed E-state index contributed by atoms with van der Waals surface area (Å²) in [5, 5.41) is 17.8. The van der Waals surface area contributed by atoms with Gasteiger partial charge in [-0.2, -0.15) is 0 Å². The second kappa shape index (κ2) is 25.4. The SMILES string of the molecule is COc1cc(OC)c(C(=O)N[C@H]2CC[C@H](NC(=O)c3cc(C(=O)N[C@H]4CC[C@H](NC(=O)c5cc(C(=O)NCCCN)c(OC)cc5OC)CC4)c(OC)cc3OC)CC2)cc1C(=O)NCCCN. The molecule has 10 N–H and O–H groups in total. The Hall–Kier alpha value is -6.80. The van der Waals surface area contributed by atoms with Crippen molar-refractivity contribution in [3.63, 3.8) is 0 Å². The molecule has 2 saturated carbocycles. The van der Waals surface area contributed by atoms with Gasteiger partial charge in [-0.1, -0.05) is 0 Å². The van der Waals surface area contributed by atoms with Crippen LogP contribution in [0.25, 0.3) is 0 Å². The average Bonchev–Trinajstić information content (AvgIpc) is 3.35. The lowest BCUT2D eigenvalue weighted by Crippen LogP contribution is -2.44. The molecular weight excluding hydrogens is 881 g/mol. The molecule has 20 heteroatoms. The molecule has 3 aromatic carbocycles. The highest BCUT2D eigenvalue weighted by Gasteiger charge is 2.31. The molecule has 6 amide bonds. The van der Waals surface area contributed by atoms with Crippen molar-refractivity contribution in [3.8, 4) is 34.5 Å². The van der Waals surface area contributed by atoms with E-state index in [0.29, 0.717) is 90.4 Å². The van der Waals surface area contributed by atoms with Crippen LogP contribution >= 0.6 is 0 Å². The lowest BCUT2D eigenvalue weighted by atomic mass is 9.90. The molecule has 0 spiro atoms. The average molecular weight is 947 g/mol. The van der Waals surface area contributed by atoms with Crippen molar-refractivity contribution in [3.05, 3.63) is 69.8 Å². The molecule has 370 valence electrons. The van der Waals surface area contributed by atoms with Crippen LogP contribution in [0.2, 0.25) is 0 Å². The van der Waals surface area contributed by atoms with E-state index < -0.39 is 35.4 Å². The van der Waals surface area contributed by atoms with Gasteiger partial charge in [-0.25, -0.2) is 0 Å². The van der Waals surface area contributed by atoms with E-state index >= 15 is 0 Å². The first-order valence-electron chi connectivity index (χ1n) is 22.8. The number of hydrogen-bond acceptors (Lipinski definition) is 14. The van der Waals surface area contributed by atoms with E-state index in [4.69, 9.17) is 39.9 Å². The molecule has 20 nitrogen and oxygen atoms in total. The smallest absolute Gasteiger partial charge is 0.255 e. The number of carbonyl (C=O) groups excluding carboxylic acids is 6. The Balaban J connectivity index is 1.17. The Kier molecular flexibility index (Phi) is 19.5. The number of ether oxygens (including phenoxy) is 6. The van der Waals surface area contributed by atoms with Crippen LogP contribution in [0, 0.1) is 0 Å². The van der Waals surface area contributed by atoms with Crippen LogP contribution in [-0.2, 0) is 0 Å². The number of nitrogens with one attached hydrogen (secondary N) is 6. The lowest BCUT2D eigenvalue weighted by molar-refractivity contribution is 0.0883. The molecule has 0 bridgehead atoms. The largest absolute Gasteiger partial charge is 0.496 e. The highest BCUT2D eigenvalue weighted by atomic mass is 16.5. The minimum absolute atomic E-state index is 0.153. The molecular formula is C48H66N8O12. The molecule has 2 aliphatic carbocycles. The Morgan fingerprint density at radius 1 is 0.382 bits per heavy atom. The lowest BCUT2D eigenvalue weighted by Gasteiger charge is -2.30. The van der Waals surface area contributed by atoms with Gasteiger partial charge in [0, 0.05) is 55.5 Å². The zero-order chi connectivity index (χ0) is 49.3. The second-order valence-corrected chi connectivity index (χ2v) is 16.5. The molecule has 0 atom stereocenters. The Labute approximate surface area is 396 Å². The van der Waals surface area contributed by atoms with E-state index in [-0.39, 0.29) is 92.0 Å². The minimum Gasteiger partial charge on any atom is -0.496 e. The predicted molar refractivity (Wildman–Crippen MR) is 253 cm³/mol. The summed E-state index contributed by atoms with van der Waals surface area (Å²) >= 11 is 0. The summed E-state index contributed by atoms with van der Waals surface area (Å²) in [7, 11) is 8.58. The fourth-order valence-corrected chi connectivity index (χ4v) is 8.38. The number of nitrogens with two attached hydrogens (primary N) is 2. The summed E-state index contributed by atoms with van der Waals surface area (Å²) in [4.78, 5) is 80.7. The third-order valence-electron chi connectivity index (χ3n) is 12.2. The van der Waals surface area contributed by atoms with Crippen LogP contribution in [0.15, 0.2) is 36.4 Å². The number of methoxy groups -OCH3 is 6. The van der Waals surface area contributed by atoms with Gasteiger partial charge < -0.3 is 71.8 Å². The van der Waals surface area contributed by atoms with Gasteiger partial charge in [0.05, 0.1) is 76.0 Å². The van der Waals surface area contributed by atoms with Crippen molar-refractivity contribution < 1.29 is 57.2 Å². The Morgan fingerprint density at radius 2 is 0.588 bits per heavy atom. The summed E-state index contributed by atoms with van der Waals surface area (Å²) in [6, 6.07) is 8.01. The standard InChI is InChI=1S/C48H66N8O12/c1-63-37-24-39(65-3)33(21-31(37)43(57)51-19-7-17-49)45(59)53-27-9-13-29(14-10-27)55-47(61)35-23-36(42(68-6)26-41(35)67-5)48(62)56-30-15-11-28(12-16-30)54-46(60)34-22-32(44(58)52-20-8-18-50)38(64-2)25-40(34)66-4/h21-30H,7-20,49-50H2,1-6H3,(H,51,57)(H,52,58)(H,53,59)(H,54,60)(H,55,61)(H,56,62)/t27-,28-,29-,30-. The highest BCUT2D eigenvalue weighted by molar-refractivity contribution is 6.05. The number of benzene rings is 3. The van der Waals surface area contributed by atoms with Crippen molar-refractivity contribution in [2.24, 2.45) is 11.5 Å². The van der Waals surface area contributed by atoms with Gasteiger partial charge in [0.1, 0.15) is 34.5 Å². The van der Waals surface area contributed by atoms with Crippen LogP contribution in [0.1, 0.15) is 126 Å². The van der Waals surface area contributed by atoms with E-state index in [1.807, 2.05) is 0 Å². The zero-order valence-electron chi connectivity index (χ0n) is 39.7. The minimum atomic E-state index is -0.435. The predicted octanol–water partition coefficient (Wildman–Crippen LogP) is 2.84. The van der Waals surface area contributed by atoms with Gasteiger partial charge in [-0.05, 0) is 95.5 Å². The first-order valence-corrected chi connectivity index (χ1v) is 22.8. The van der Waals surface area contributed by atoms with Gasteiger partial charge in [-0.3, -0.25) is 28.8 Å². The third-order valence-corrected chi connectivity index (χ3v) is 12.2. The van der Waals surface area contributed by atoms with Crippen LogP contribution in [0.4, 0.5) is 0 Å². The van der Waals surface area contributed by atoms with E-state index in [1.54, 1.807) is 0 Å². The molecule has 0 saturated heterocycles. The van der Waals surface area contributed by atoms with Gasteiger partial charge in [0.2, 0.25) is 0 Å². The second-order valence-electron chi connectivity index (χ2n) is 16.5. The highest BCUT2D eigenvalue weighted by Crippen LogP contribution is 2.33. The molecule has 68 heavy (non-hydrogen) atoms. The molecule has 2 aliphatic rings. The summed E-state index contributed by atoms with van der Waals surface area (Å²) in [5.74, 6) is -1.03. The Bertz CT molecular complexity index is 2120. The van der Waals surface area contributed by atoms with E-state index in [1.165, 1.54) is 79.1 Å². The van der Waals surface area contributed by atoms with Crippen LogP contribution in [0.3, 0.4) is 0 Å². The molecule has 0 heterocycles. The first-order chi connectivity index (χ1) is 32.8. The number of rotatable bonds is 22. The van der Waals surface area contributed by atoms with E-state index in [0.717, 1.165) is 0 Å². The monoisotopic (exact) mass is 946 g/mol. The fraction of sp³-hybridized carbons (Fsp3) is 0.500. The van der Waals surface area contributed by atoms with Crippen molar-refractivity contribution in [2.75, 3.05) is 68.8 Å². The first kappa shape index (κ1) is 52.2. The van der Waals surface area contributed by atoms with Crippen molar-refractivity contribution in [2.45, 2.75) is 88.4 Å². The molecule has 2 fully saturated rings. The van der Waals surface area contributed by atoms with Crippen molar-refractivity contribution in [1.82, 2.24) is 31.9 Å². The summed E-state index contributed by atoms with van der Waals surface area (Å²) in [5.41, 5.74) is 12.2. The van der Waals surface area contributed by atoms with Gasteiger partial charge >= 0.3 is 0 Å². The molecule has 0 aliphatic heterocycles. The van der Waals surface area contributed by atoms with Gasteiger partial charge in [0.15, 0.2) is 0 Å². The maximum atomic E-state index is 13.8. The normalized spacial score (nSPS) is 17.6. The molecule has 3 aromatic rings. The van der Waals surface area contributed by atoms with Gasteiger partial charge in [-0.15, -0.1) is 0 Å². The number of carbonyl (C=O) groups is 6. The quantitative estimate of drug-likeness (QED) is 0.0673. The van der Waals surface area contributed by atoms with E-state index in [2.05, 4.69) is 31.9 Å². The summed E-state index contributed by atoms with van der Waals surface area (Å²) < 4.78 is 32.9. The number of amides is 6. The third kappa shape index (κ3) is 13.2. The van der Waals surface area contributed by atoms with E-state index in [9.17, 15) is 28.8 Å².